The molecule has 0 bridgehead atoms. The van der Waals surface area contributed by atoms with Gasteiger partial charge >= 0.3 is 5.97 Å². The molecule has 0 N–H and O–H groups in total. The molecular formula is C22H21N5O4. The summed E-state index contributed by atoms with van der Waals surface area (Å²) < 4.78 is 12.7. The zero-order valence-corrected chi connectivity index (χ0v) is 17.1. The molecule has 1 aliphatic carbocycles. The molecule has 1 atom stereocenters. The van der Waals surface area contributed by atoms with Crippen LogP contribution in [-0.4, -0.2) is 49.6 Å². The van der Waals surface area contributed by atoms with E-state index in [9.17, 15) is 9.59 Å². The number of fused-ring (bicyclic) bond motifs is 5. The van der Waals surface area contributed by atoms with E-state index in [0.29, 0.717) is 35.3 Å². The summed E-state index contributed by atoms with van der Waals surface area (Å²) in [5.74, 6) is 0.795. The average molecular weight is 419 g/mol. The standard InChI is InChI=1S/C22H21N5O4/c1-2-30-22(29)13-5-3-6-14-16(13)21(28)26-10-4-7-15(26)18-17(23-11-27(14)18)20-24-19(25-31-20)12-8-9-12/h3,5-6,11-12,15H,2,4,7-10H2,1H3/t15-/m0/s1. The molecule has 6 rings (SSSR count). The molecular weight excluding hydrogens is 398 g/mol. The van der Waals surface area contributed by atoms with Crippen LogP contribution >= 0.6 is 0 Å². The van der Waals surface area contributed by atoms with Gasteiger partial charge in [-0.15, -0.1) is 0 Å². The number of aromatic nitrogens is 4. The zero-order chi connectivity index (χ0) is 21.1. The van der Waals surface area contributed by atoms with Crippen molar-refractivity contribution in [1.82, 2.24) is 24.6 Å². The molecule has 3 aromatic rings. The Morgan fingerprint density at radius 2 is 2.16 bits per heavy atom. The summed E-state index contributed by atoms with van der Waals surface area (Å²) in [5.41, 5.74) is 2.67. The Bertz CT molecular complexity index is 1210. The number of rotatable bonds is 4. The lowest BCUT2D eigenvalue weighted by Crippen LogP contribution is -2.31. The van der Waals surface area contributed by atoms with E-state index in [0.717, 1.165) is 37.2 Å². The first kappa shape index (κ1) is 18.3. The maximum atomic E-state index is 13.6. The lowest BCUT2D eigenvalue weighted by molar-refractivity contribution is 0.0518. The fourth-order valence-corrected chi connectivity index (χ4v) is 4.65. The van der Waals surface area contributed by atoms with Crippen molar-refractivity contribution in [3.63, 3.8) is 0 Å². The predicted molar refractivity (Wildman–Crippen MR) is 108 cm³/mol. The maximum absolute atomic E-state index is 13.6. The topological polar surface area (TPSA) is 103 Å². The fourth-order valence-electron chi connectivity index (χ4n) is 4.65. The third-order valence-corrected chi connectivity index (χ3v) is 6.23. The fraction of sp³-hybridized carbons (Fsp3) is 0.409. The summed E-state index contributed by atoms with van der Waals surface area (Å²) in [4.78, 5) is 37.2. The van der Waals surface area contributed by atoms with Crippen molar-refractivity contribution >= 4 is 11.9 Å². The zero-order valence-electron chi connectivity index (χ0n) is 17.1. The molecule has 2 aromatic heterocycles. The number of carbonyl (C=O) groups excluding carboxylic acids is 2. The lowest BCUT2D eigenvalue weighted by atomic mass is 10.0. The number of nitrogens with zero attached hydrogens (tertiary/aromatic N) is 5. The Morgan fingerprint density at radius 3 is 2.97 bits per heavy atom. The summed E-state index contributed by atoms with van der Waals surface area (Å²) in [6.07, 6.45) is 5.50. The smallest absolute Gasteiger partial charge is 0.339 e. The Balaban J connectivity index is 1.56. The number of esters is 1. The van der Waals surface area contributed by atoms with E-state index in [-0.39, 0.29) is 24.1 Å². The number of amides is 1. The summed E-state index contributed by atoms with van der Waals surface area (Å²) in [6, 6.07) is 5.05. The first-order valence-corrected chi connectivity index (χ1v) is 10.7. The second-order valence-electron chi connectivity index (χ2n) is 8.16. The van der Waals surface area contributed by atoms with Gasteiger partial charge in [0.15, 0.2) is 11.5 Å². The first-order valence-electron chi connectivity index (χ1n) is 10.7. The van der Waals surface area contributed by atoms with E-state index in [1.54, 1.807) is 25.4 Å². The minimum atomic E-state index is -0.502. The van der Waals surface area contributed by atoms with Crippen LogP contribution < -0.4 is 0 Å². The summed E-state index contributed by atoms with van der Waals surface area (Å²) in [5, 5.41) is 4.13. The van der Waals surface area contributed by atoms with Gasteiger partial charge in [-0.1, -0.05) is 11.2 Å². The van der Waals surface area contributed by atoms with Gasteiger partial charge in [0.25, 0.3) is 11.8 Å². The molecule has 1 aromatic carbocycles. The van der Waals surface area contributed by atoms with Crippen LogP contribution in [0.3, 0.4) is 0 Å². The molecule has 1 saturated carbocycles. The third kappa shape index (κ3) is 2.72. The highest BCUT2D eigenvalue weighted by atomic mass is 16.5. The van der Waals surface area contributed by atoms with Gasteiger partial charge in [-0.2, -0.15) is 4.98 Å². The van der Waals surface area contributed by atoms with Crippen LogP contribution in [0, 0.1) is 0 Å². The van der Waals surface area contributed by atoms with Crippen LogP contribution in [0.4, 0.5) is 0 Å². The van der Waals surface area contributed by atoms with Gasteiger partial charge in [0.2, 0.25) is 0 Å². The quantitative estimate of drug-likeness (QED) is 0.598. The van der Waals surface area contributed by atoms with Gasteiger partial charge in [-0.3, -0.25) is 9.36 Å². The van der Waals surface area contributed by atoms with Gasteiger partial charge in [0, 0.05) is 12.5 Å². The normalized spacial score (nSPS) is 19.6. The third-order valence-electron chi connectivity index (χ3n) is 6.23. The molecule has 9 heteroatoms. The highest BCUT2D eigenvalue weighted by Crippen LogP contribution is 2.44. The van der Waals surface area contributed by atoms with Crippen molar-refractivity contribution in [1.29, 1.82) is 0 Å². The molecule has 158 valence electrons. The van der Waals surface area contributed by atoms with Crippen LogP contribution in [-0.2, 0) is 4.74 Å². The minimum Gasteiger partial charge on any atom is -0.462 e. The molecule has 2 aliphatic heterocycles. The molecule has 4 heterocycles. The van der Waals surface area contributed by atoms with Crippen molar-refractivity contribution < 1.29 is 18.8 Å². The van der Waals surface area contributed by atoms with Gasteiger partial charge in [0.1, 0.15) is 6.33 Å². The number of ether oxygens (including phenoxy) is 1. The van der Waals surface area contributed by atoms with Crippen molar-refractivity contribution in [3.8, 4) is 17.3 Å². The van der Waals surface area contributed by atoms with Crippen molar-refractivity contribution in [3.05, 3.63) is 47.2 Å². The molecule has 1 saturated heterocycles. The van der Waals surface area contributed by atoms with Gasteiger partial charge in [-0.25, -0.2) is 9.78 Å². The number of carbonyl (C=O) groups is 2. The number of hydrogen-bond acceptors (Lipinski definition) is 7. The second kappa shape index (κ2) is 6.76. The second-order valence-corrected chi connectivity index (χ2v) is 8.16. The Hall–Kier alpha value is -3.49. The number of hydrogen-bond donors (Lipinski definition) is 0. The van der Waals surface area contributed by atoms with Crippen LogP contribution in [0.25, 0.3) is 17.3 Å². The van der Waals surface area contributed by atoms with Crippen LogP contribution in [0.2, 0.25) is 0 Å². The molecule has 31 heavy (non-hydrogen) atoms. The van der Waals surface area contributed by atoms with E-state index in [4.69, 9.17) is 9.26 Å². The SMILES string of the molecule is CCOC(=O)c1cccc2c1C(=O)N1CCC[C@H]1c1c(-c3nc(C4CC4)no3)ncn1-2. The van der Waals surface area contributed by atoms with E-state index in [1.165, 1.54) is 0 Å². The van der Waals surface area contributed by atoms with Gasteiger partial charge in [0.05, 0.1) is 35.2 Å². The molecule has 0 spiro atoms. The maximum Gasteiger partial charge on any atom is 0.339 e. The highest BCUT2D eigenvalue weighted by molar-refractivity contribution is 6.08. The average Bonchev–Trinajstić information content (AvgIpc) is 3.18. The number of imidazole rings is 1. The Kier molecular flexibility index (Phi) is 3.99. The Morgan fingerprint density at radius 1 is 1.29 bits per heavy atom. The predicted octanol–water partition coefficient (Wildman–Crippen LogP) is 3.27. The van der Waals surface area contributed by atoms with Crippen molar-refractivity contribution in [2.75, 3.05) is 13.2 Å². The van der Waals surface area contributed by atoms with Gasteiger partial charge < -0.3 is 14.2 Å². The van der Waals surface area contributed by atoms with Crippen molar-refractivity contribution in [2.45, 2.75) is 44.6 Å². The molecule has 1 amide bonds. The molecule has 0 radical (unpaired) electrons. The van der Waals surface area contributed by atoms with E-state index >= 15 is 0 Å². The van der Waals surface area contributed by atoms with E-state index in [2.05, 4.69) is 15.1 Å². The van der Waals surface area contributed by atoms with Crippen LogP contribution in [0.1, 0.15) is 76.8 Å². The summed E-state index contributed by atoms with van der Waals surface area (Å²) >= 11 is 0. The largest absolute Gasteiger partial charge is 0.462 e. The first-order chi connectivity index (χ1) is 15.2. The minimum absolute atomic E-state index is 0.167. The van der Waals surface area contributed by atoms with Gasteiger partial charge in [-0.05, 0) is 44.7 Å². The van der Waals surface area contributed by atoms with E-state index in [1.807, 2.05) is 15.5 Å². The monoisotopic (exact) mass is 419 g/mol. The Labute approximate surface area is 178 Å². The number of benzene rings is 1. The summed E-state index contributed by atoms with van der Waals surface area (Å²) in [6.45, 7) is 2.60. The molecule has 2 fully saturated rings. The van der Waals surface area contributed by atoms with Crippen LogP contribution in [0.15, 0.2) is 29.0 Å². The molecule has 9 nitrogen and oxygen atoms in total. The highest BCUT2D eigenvalue weighted by Gasteiger charge is 2.42. The molecule has 3 aliphatic rings. The molecule has 0 unspecified atom stereocenters. The van der Waals surface area contributed by atoms with Crippen LogP contribution in [0.5, 0.6) is 0 Å². The van der Waals surface area contributed by atoms with Crippen molar-refractivity contribution in [2.24, 2.45) is 0 Å². The van der Waals surface area contributed by atoms with E-state index < -0.39 is 5.97 Å². The lowest BCUT2D eigenvalue weighted by Gasteiger charge is -2.23. The summed E-state index contributed by atoms with van der Waals surface area (Å²) in [7, 11) is 0.